The summed E-state index contributed by atoms with van der Waals surface area (Å²) in [6.45, 7) is 0. The van der Waals surface area contributed by atoms with Gasteiger partial charge in [0.25, 0.3) is 6.43 Å². The first-order chi connectivity index (χ1) is 7.27. The molecule has 16 heavy (non-hydrogen) atoms. The second-order valence-corrected chi connectivity index (χ2v) is 3.08. The van der Waals surface area contributed by atoms with Crippen LogP contribution in [0, 0.1) is 0 Å². The number of hydrogen-bond acceptors (Lipinski definition) is 2. The van der Waals surface area contributed by atoms with E-state index in [-0.39, 0.29) is 12.4 Å². The molecule has 1 rings (SSSR count). The third-order valence-corrected chi connectivity index (χ3v) is 1.98. The fourth-order valence-corrected chi connectivity index (χ4v) is 1.24. The van der Waals surface area contributed by atoms with Gasteiger partial charge in [-0.25, -0.2) is 13.8 Å². The minimum absolute atomic E-state index is 0.0759. The predicted molar refractivity (Wildman–Crippen MR) is 44.6 cm³/mol. The second-order valence-electron chi connectivity index (χ2n) is 2.72. The number of aromatic nitrogens is 1. The van der Waals surface area contributed by atoms with Crippen molar-refractivity contribution in [3.05, 3.63) is 28.0 Å². The van der Waals surface area contributed by atoms with Crippen LogP contribution in [0.1, 0.15) is 28.0 Å². The van der Waals surface area contributed by atoms with Gasteiger partial charge in [-0.3, -0.25) is 4.79 Å². The van der Waals surface area contributed by atoms with Gasteiger partial charge >= 0.3 is 6.18 Å². The molecule has 88 valence electrons. The Morgan fingerprint density at radius 3 is 2.31 bits per heavy atom. The number of hydrogen-bond donors (Lipinski definition) is 0. The average Bonchev–Trinajstić information content (AvgIpc) is 2.14. The number of carbonyl (C=O) groups excluding carboxylic acids is 1. The first-order valence-corrected chi connectivity index (χ1v) is 4.16. The molecule has 0 amide bonds. The molecule has 0 aliphatic carbocycles. The monoisotopic (exact) mass is 259 g/mol. The third-order valence-electron chi connectivity index (χ3n) is 1.69. The highest BCUT2D eigenvalue weighted by Gasteiger charge is 2.35. The van der Waals surface area contributed by atoms with Gasteiger partial charge in [-0.15, -0.1) is 0 Å². The molecule has 0 N–H and O–H groups in total. The smallest absolute Gasteiger partial charge is 0.296 e. The van der Waals surface area contributed by atoms with Gasteiger partial charge in [0.1, 0.15) is 10.8 Å². The molecule has 0 aliphatic heterocycles. The van der Waals surface area contributed by atoms with E-state index in [0.717, 1.165) is 0 Å². The van der Waals surface area contributed by atoms with Gasteiger partial charge in [0.2, 0.25) is 0 Å². The van der Waals surface area contributed by atoms with Crippen molar-refractivity contribution < 1.29 is 26.7 Å². The maximum Gasteiger partial charge on any atom is 0.419 e. The molecule has 0 aliphatic rings. The molecular formula is C8H3ClF5NO. The number of rotatable bonds is 2. The molecule has 0 saturated heterocycles. The molecule has 0 atom stereocenters. The van der Waals surface area contributed by atoms with E-state index >= 15 is 0 Å². The Labute approximate surface area is 91.0 Å². The quantitative estimate of drug-likeness (QED) is 0.462. The molecule has 0 unspecified atom stereocenters. The predicted octanol–water partition coefficient (Wildman–Crippen LogP) is 3.50. The largest absolute Gasteiger partial charge is 0.419 e. The van der Waals surface area contributed by atoms with Crippen molar-refractivity contribution in [1.29, 1.82) is 0 Å². The zero-order valence-corrected chi connectivity index (χ0v) is 8.11. The van der Waals surface area contributed by atoms with E-state index in [9.17, 15) is 26.7 Å². The number of alkyl halides is 5. The zero-order valence-electron chi connectivity index (χ0n) is 7.36. The molecule has 0 aromatic carbocycles. The van der Waals surface area contributed by atoms with E-state index in [1.807, 2.05) is 0 Å². The molecule has 2 nitrogen and oxygen atoms in total. The first-order valence-electron chi connectivity index (χ1n) is 3.78. The number of halogens is 6. The lowest BCUT2D eigenvalue weighted by atomic mass is 10.1. The van der Waals surface area contributed by atoms with Crippen molar-refractivity contribution in [3.8, 4) is 0 Å². The molecule has 1 heterocycles. The fraction of sp³-hybridized carbons (Fsp3) is 0.250. The zero-order chi connectivity index (χ0) is 12.5. The number of pyridine rings is 1. The minimum atomic E-state index is -4.89. The lowest BCUT2D eigenvalue weighted by Gasteiger charge is -2.11. The average molecular weight is 260 g/mol. The standard InChI is InChI=1S/C8H3ClF5NO/c9-6-4(8(12,13)14)1-3(7(10)11)5(2-16)15-6/h1-2,7H. The number of carbonyl (C=O) groups is 1. The molecule has 0 radical (unpaired) electrons. The number of aldehydes is 1. The molecule has 0 saturated carbocycles. The van der Waals surface area contributed by atoms with Crippen molar-refractivity contribution in [3.63, 3.8) is 0 Å². The lowest BCUT2D eigenvalue weighted by molar-refractivity contribution is -0.137. The first kappa shape index (κ1) is 12.8. The molecule has 1 aromatic rings. The maximum absolute atomic E-state index is 12.3. The van der Waals surface area contributed by atoms with E-state index in [1.165, 1.54) is 0 Å². The summed E-state index contributed by atoms with van der Waals surface area (Å²) in [4.78, 5) is 13.3. The summed E-state index contributed by atoms with van der Waals surface area (Å²) in [6, 6.07) is 0.129. The van der Waals surface area contributed by atoms with Crippen LogP contribution in [-0.2, 0) is 6.18 Å². The number of nitrogens with zero attached hydrogens (tertiary/aromatic N) is 1. The Morgan fingerprint density at radius 2 is 1.94 bits per heavy atom. The Hall–Kier alpha value is -1.24. The van der Waals surface area contributed by atoms with Crippen LogP contribution in [0.2, 0.25) is 5.15 Å². The van der Waals surface area contributed by atoms with E-state index in [2.05, 4.69) is 4.98 Å². The van der Waals surface area contributed by atoms with E-state index in [1.54, 1.807) is 0 Å². The van der Waals surface area contributed by atoms with Crippen molar-refractivity contribution >= 4 is 17.9 Å². The summed E-state index contributed by atoms with van der Waals surface area (Å²) in [5.41, 5.74) is -3.38. The van der Waals surface area contributed by atoms with Crippen molar-refractivity contribution in [2.45, 2.75) is 12.6 Å². The Bertz CT molecular complexity index is 418. The normalized spacial score (nSPS) is 11.9. The summed E-state index contributed by atoms with van der Waals surface area (Å²) in [5, 5.41) is -1.03. The van der Waals surface area contributed by atoms with Crippen molar-refractivity contribution in [1.82, 2.24) is 4.98 Å². The molecule has 0 bridgehead atoms. The van der Waals surface area contributed by atoms with Gasteiger partial charge in [0, 0.05) is 5.56 Å². The van der Waals surface area contributed by atoms with E-state index < -0.39 is 34.6 Å². The van der Waals surface area contributed by atoms with E-state index in [4.69, 9.17) is 11.6 Å². The Morgan fingerprint density at radius 1 is 1.38 bits per heavy atom. The summed E-state index contributed by atoms with van der Waals surface area (Å²) in [5.74, 6) is 0. The van der Waals surface area contributed by atoms with E-state index in [0.29, 0.717) is 0 Å². The van der Waals surface area contributed by atoms with Gasteiger partial charge in [-0.1, -0.05) is 11.6 Å². The third kappa shape index (κ3) is 2.46. The van der Waals surface area contributed by atoms with Crippen LogP contribution < -0.4 is 0 Å². The minimum Gasteiger partial charge on any atom is -0.296 e. The molecule has 1 aromatic heterocycles. The Kier molecular flexibility index (Phi) is 3.47. The second kappa shape index (κ2) is 4.32. The van der Waals surface area contributed by atoms with Crippen LogP contribution >= 0.6 is 11.6 Å². The van der Waals surface area contributed by atoms with Crippen LogP contribution in [0.15, 0.2) is 6.07 Å². The van der Waals surface area contributed by atoms with Crippen LogP contribution in [-0.4, -0.2) is 11.3 Å². The summed E-state index contributed by atoms with van der Waals surface area (Å²) >= 11 is 5.13. The SMILES string of the molecule is O=Cc1nc(Cl)c(C(F)(F)F)cc1C(F)F. The van der Waals surface area contributed by atoms with Gasteiger partial charge < -0.3 is 0 Å². The van der Waals surface area contributed by atoms with Gasteiger partial charge in [-0.2, -0.15) is 13.2 Å². The fourth-order valence-electron chi connectivity index (χ4n) is 0.987. The van der Waals surface area contributed by atoms with Gasteiger partial charge in [0.05, 0.1) is 5.56 Å². The molecular weight excluding hydrogens is 257 g/mol. The highest BCUT2D eigenvalue weighted by atomic mass is 35.5. The summed E-state index contributed by atoms with van der Waals surface area (Å²) < 4.78 is 61.4. The lowest BCUT2D eigenvalue weighted by Crippen LogP contribution is -2.10. The van der Waals surface area contributed by atoms with Gasteiger partial charge in [-0.05, 0) is 6.07 Å². The summed E-state index contributed by atoms with van der Waals surface area (Å²) in [7, 11) is 0. The highest BCUT2D eigenvalue weighted by molar-refractivity contribution is 6.30. The van der Waals surface area contributed by atoms with Gasteiger partial charge in [0.15, 0.2) is 6.29 Å². The molecule has 8 heteroatoms. The topological polar surface area (TPSA) is 30.0 Å². The Balaban J connectivity index is 3.45. The molecule has 0 fully saturated rings. The summed E-state index contributed by atoms with van der Waals surface area (Å²) in [6.07, 6.45) is -8.20. The molecule has 0 spiro atoms. The maximum atomic E-state index is 12.3. The van der Waals surface area contributed by atoms with Crippen LogP contribution in [0.25, 0.3) is 0 Å². The van der Waals surface area contributed by atoms with Crippen LogP contribution in [0.5, 0.6) is 0 Å². The van der Waals surface area contributed by atoms with Crippen LogP contribution in [0.3, 0.4) is 0 Å². The van der Waals surface area contributed by atoms with Crippen molar-refractivity contribution in [2.24, 2.45) is 0 Å². The van der Waals surface area contributed by atoms with Crippen LogP contribution in [0.4, 0.5) is 22.0 Å². The van der Waals surface area contributed by atoms with Crippen molar-refractivity contribution in [2.75, 3.05) is 0 Å². The highest BCUT2D eigenvalue weighted by Crippen LogP contribution is 2.36.